The summed E-state index contributed by atoms with van der Waals surface area (Å²) in [5, 5.41) is 11.4. The van der Waals surface area contributed by atoms with Crippen molar-refractivity contribution < 1.29 is 24.2 Å². The van der Waals surface area contributed by atoms with Gasteiger partial charge in [0.05, 0.1) is 13.2 Å². The number of hydrogen-bond acceptors (Lipinski definition) is 4. The molecule has 1 amide bonds. The van der Waals surface area contributed by atoms with Gasteiger partial charge in [-0.15, -0.1) is 0 Å². The molecule has 0 aromatic heterocycles. The zero-order valence-electron chi connectivity index (χ0n) is 13.4. The molecule has 0 bridgehead atoms. The monoisotopic (exact) mass is 309 g/mol. The fourth-order valence-corrected chi connectivity index (χ4v) is 1.72. The molecule has 22 heavy (non-hydrogen) atoms. The minimum absolute atomic E-state index is 0.136. The summed E-state index contributed by atoms with van der Waals surface area (Å²) >= 11 is 0. The summed E-state index contributed by atoms with van der Waals surface area (Å²) < 4.78 is 10.4. The van der Waals surface area contributed by atoms with Crippen LogP contribution >= 0.6 is 0 Å². The zero-order valence-corrected chi connectivity index (χ0v) is 13.4. The summed E-state index contributed by atoms with van der Waals surface area (Å²) in [6, 6.07) is 6.57. The van der Waals surface area contributed by atoms with E-state index < -0.39 is 23.7 Å². The molecule has 1 rings (SSSR count). The average Bonchev–Trinajstić information content (AvgIpc) is 2.35. The van der Waals surface area contributed by atoms with E-state index in [1.54, 1.807) is 20.8 Å². The summed E-state index contributed by atoms with van der Waals surface area (Å²) in [5.74, 6) is -1.17. The lowest BCUT2D eigenvalue weighted by atomic mass is 10.1. The van der Waals surface area contributed by atoms with Crippen LogP contribution in [-0.2, 0) is 20.9 Å². The molecule has 0 spiro atoms. The number of rotatable bonds is 6. The first-order chi connectivity index (χ1) is 10.2. The number of aryl methyl sites for hydroxylation is 1. The number of carboxylic acid groups (broad SMARTS) is 1. The van der Waals surface area contributed by atoms with Crippen LogP contribution in [0.1, 0.15) is 31.9 Å². The maximum Gasteiger partial charge on any atom is 0.408 e. The van der Waals surface area contributed by atoms with Gasteiger partial charge in [0.1, 0.15) is 5.60 Å². The van der Waals surface area contributed by atoms with Crippen molar-refractivity contribution in [1.82, 2.24) is 5.32 Å². The Morgan fingerprint density at radius 2 is 2.00 bits per heavy atom. The van der Waals surface area contributed by atoms with Gasteiger partial charge in [-0.1, -0.05) is 29.8 Å². The van der Waals surface area contributed by atoms with Gasteiger partial charge in [-0.3, -0.25) is 0 Å². The van der Waals surface area contributed by atoms with Gasteiger partial charge in [0.2, 0.25) is 0 Å². The third-order valence-corrected chi connectivity index (χ3v) is 2.62. The molecule has 0 aliphatic rings. The predicted molar refractivity (Wildman–Crippen MR) is 81.6 cm³/mol. The average molecular weight is 309 g/mol. The van der Waals surface area contributed by atoms with Gasteiger partial charge in [-0.2, -0.15) is 0 Å². The van der Waals surface area contributed by atoms with Crippen LogP contribution in [0, 0.1) is 6.92 Å². The van der Waals surface area contributed by atoms with E-state index in [2.05, 4.69) is 5.32 Å². The number of carboxylic acids is 1. The highest BCUT2D eigenvalue weighted by atomic mass is 16.6. The fourth-order valence-electron chi connectivity index (χ4n) is 1.72. The van der Waals surface area contributed by atoms with Crippen LogP contribution in [0.15, 0.2) is 24.3 Å². The molecule has 0 aliphatic heterocycles. The Morgan fingerprint density at radius 3 is 2.55 bits per heavy atom. The SMILES string of the molecule is Cc1cccc(COC[C@@H](NC(=O)OC(C)(C)C)C(=O)O)c1. The quantitative estimate of drug-likeness (QED) is 0.843. The van der Waals surface area contributed by atoms with Crippen molar-refractivity contribution in [2.24, 2.45) is 0 Å². The van der Waals surface area contributed by atoms with E-state index in [0.29, 0.717) is 0 Å². The smallest absolute Gasteiger partial charge is 0.408 e. The lowest BCUT2D eigenvalue weighted by Gasteiger charge is -2.22. The third kappa shape index (κ3) is 7.08. The normalized spacial score (nSPS) is 12.5. The van der Waals surface area contributed by atoms with E-state index in [9.17, 15) is 9.59 Å². The van der Waals surface area contributed by atoms with Crippen LogP contribution in [0.2, 0.25) is 0 Å². The van der Waals surface area contributed by atoms with Gasteiger partial charge in [0.15, 0.2) is 6.04 Å². The van der Waals surface area contributed by atoms with E-state index in [4.69, 9.17) is 14.6 Å². The second kappa shape index (κ2) is 7.79. The number of carbonyl (C=O) groups is 2. The molecular weight excluding hydrogens is 286 g/mol. The Balaban J connectivity index is 2.48. The van der Waals surface area contributed by atoms with Crippen molar-refractivity contribution in [3.63, 3.8) is 0 Å². The van der Waals surface area contributed by atoms with Crippen LogP contribution in [0.5, 0.6) is 0 Å². The largest absolute Gasteiger partial charge is 0.480 e. The van der Waals surface area contributed by atoms with Crippen molar-refractivity contribution in [3.8, 4) is 0 Å². The molecule has 122 valence electrons. The number of nitrogens with one attached hydrogen (secondary N) is 1. The molecule has 0 saturated carbocycles. The van der Waals surface area contributed by atoms with E-state index in [1.807, 2.05) is 31.2 Å². The summed E-state index contributed by atoms with van der Waals surface area (Å²) in [6.45, 7) is 7.22. The molecule has 0 aliphatic carbocycles. The Hall–Kier alpha value is -2.08. The zero-order chi connectivity index (χ0) is 16.8. The van der Waals surface area contributed by atoms with Crippen LogP contribution < -0.4 is 5.32 Å². The van der Waals surface area contributed by atoms with Crippen LogP contribution in [-0.4, -0.2) is 35.4 Å². The first-order valence-corrected chi connectivity index (χ1v) is 7.03. The highest BCUT2D eigenvalue weighted by molar-refractivity contribution is 5.80. The lowest BCUT2D eigenvalue weighted by Crippen LogP contribution is -2.46. The second-order valence-corrected chi connectivity index (χ2v) is 6.04. The van der Waals surface area contributed by atoms with Crippen LogP contribution in [0.4, 0.5) is 4.79 Å². The number of benzene rings is 1. The number of alkyl carbamates (subject to hydrolysis) is 1. The van der Waals surface area contributed by atoms with Gasteiger partial charge in [-0.25, -0.2) is 9.59 Å². The molecule has 6 heteroatoms. The van der Waals surface area contributed by atoms with E-state index in [0.717, 1.165) is 11.1 Å². The van der Waals surface area contributed by atoms with Crippen molar-refractivity contribution >= 4 is 12.1 Å². The molecule has 0 radical (unpaired) electrons. The second-order valence-electron chi connectivity index (χ2n) is 6.04. The predicted octanol–water partition coefficient (Wildman–Crippen LogP) is 2.49. The number of ether oxygens (including phenoxy) is 2. The van der Waals surface area contributed by atoms with Gasteiger partial charge in [0.25, 0.3) is 0 Å². The van der Waals surface area contributed by atoms with Gasteiger partial charge >= 0.3 is 12.1 Å². The van der Waals surface area contributed by atoms with Crippen molar-refractivity contribution in [3.05, 3.63) is 35.4 Å². The summed E-state index contributed by atoms with van der Waals surface area (Å²) in [4.78, 5) is 22.7. The van der Waals surface area contributed by atoms with Crippen molar-refractivity contribution in [1.29, 1.82) is 0 Å². The van der Waals surface area contributed by atoms with Gasteiger partial charge in [-0.05, 0) is 33.3 Å². The summed E-state index contributed by atoms with van der Waals surface area (Å²) in [7, 11) is 0. The lowest BCUT2D eigenvalue weighted by molar-refractivity contribution is -0.141. The molecule has 6 nitrogen and oxygen atoms in total. The van der Waals surface area contributed by atoms with Gasteiger partial charge < -0.3 is 19.9 Å². The summed E-state index contributed by atoms with van der Waals surface area (Å²) in [5.41, 5.74) is 1.36. The van der Waals surface area contributed by atoms with E-state index >= 15 is 0 Å². The molecule has 2 N–H and O–H groups in total. The Bertz CT molecular complexity index is 522. The van der Waals surface area contributed by atoms with E-state index in [-0.39, 0.29) is 13.2 Å². The van der Waals surface area contributed by atoms with Crippen molar-refractivity contribution in [2.75, 3.05) is 6.61 Å². The summed E-state index contributed by atoms with van der Waals surface area (Å²) in [6.07, 6.45) is -0.779. The molecule has 0 heterocycles. The standard InChI is InChI=1S/C16H23NO5/c1-11-6-5-7-12(8-11)9-21-10-13(14(18)19)17-15(20)22-16(2,3)4/h5-8,13H,9-10H2,1-4H3,(H,17,20)(H,18,19)/t13-/m1/s1. The number of carbonyl (C=O) groups excluding carboxylic acids is 1. The first-order valence-electron chi connectivity index (χ1n) is 7.03. The Morgan fingerprint density at radius 1 is 1.32 bits per heavy atom. The molecular formula is C16H23NO5. The highest BCUT2D eigenvalue weighted by Crippen LogP contribution is 2.08. The number of hydrogen-bond donors (Lipinski definition) is 2. The van der Waals surface area contributed by atoms with Crippen LogP contribution in [0.25, 0.3) is 0 Å². The van der Waals surface area contributed by atoms with Gasteiger partial charge in [0, 0.05) is 0 Å². The number of aliphatic carboxylic acids is 1. The minimum atomic E-state index is -1.17. The molecule has 0 fully saturated rings. The third-order valence-electron chi connectivity index (χ3n) is 2.62. The first kappa shape index (κ1) is 18.0. The maximum atomic E-state index is 11.6. The van der Waals surface area contributed by atoms with E-state index in [1.165, 1.54) is 0 Å². The molecule has 0 unspecified atom stereocenters. The molecule has 1 atom stereocenters. The molecule has 1 aromatic carbocycles. The Labute approximate surface area is 130 Å². The van der Waals surface area contributed by atoms with Crippen LogP contribution in [0.3, 0.4) is 0 Å². The molecule has 0 saturated heterocycles. The highest BCUT2D eigenvalue weighted by Gasteiger charge is 2.24. The fraction of sp³-hybridized carbons (Fsp3) is 0.500. The Kier molecular flexibility index (Phi) is 6.37. The maximum absolute atomic E-state index is 11.6. The topological polar surface area (TPSA) is 84.9 Å². The molecule has 1 aromatic rings. The minimum Gasteiger partial charge on any atom is -0.480 e. The van der Waals surface area contributed by atoms with Crippen molar-refractivity contribution in [2.45, 2.75) is 45.9 Å². The number of amides is 1.